The van der Waals surface area contributed by atoms with Crippen LogP contribution < -0.4 is 10.6 Å². The van der Waals surface area contributed by atoms with E-state index >= 15 is 0 Å². The lowest BCUT2D eigenvalue weighted by molar-refractivity contribution is -0.146. The molecule has 94 valence electrons. The average Bonchev–Trinajstić information content (AvgIpc) is 2.28. The summed E-state index contributed by atoms with van der Waals surface area (Å²) in [6.45, 7) is 5.14. The smallest absolute Gasteiger partial charge is 0.309 e. The number of hydrogen-bond acceptors (Lipinski definition) is 4. The molecule has 1 fully saturated rings. The van der Waals surface area contributed by atoms with E-state index in [9.17, 15) is 4.79 Å². The van der Waals surface area contributed by atoms with E-state index in [1.807, 2.05) is 7.05 Å². The minimum atomic E-state index is -0.0844. The minimum absolute atomic E-state index is 0.0407. The van der Waals surface area contributed by atoms with Crippen molar-refractivity contribution in [1.82, 2.24) is 10.6 Å². The molecular formula is C12H24N2O2. The van der Waals surface area contributed by atoms with Crippen molar-refractivity contribution >= 4 is 5.97 Å². The van der Waals surface area contributed by atoms with Crippen LogP contribution in [0.1, 0.15) is 33.1 Å². The Morgan fingerprint density at radius 3 is 2.62 bits per heavy atom. The Morgan fingerprint density at radius 2 is 2.19 bits per heavy atom. The Hall–Kier alpha value is -0.610. The largest absolute Gasteiger partial charge is 0.469 e. The van der Waals surface area contributed by atoms with Gasteiger partial charge in [0.2, 0.25) is 0 Å². The summed E-state index contributed by atoms with van der Waals surface area (Å²) in [6.07, 6.45) is 3.06. The predicted octanol–water partition coefficient (Wildman–Crippen LogP) is 0.916. The van der Waals surface area contributed by atoms with Crippen molar-refractivity contribution in [3.8, 4) is 0 Å². The molecule has 1 rings (SSSR count). The lowest BCUT2D eigenvalue weighted by Gasteiger charge is -2.34. The summed E-state index contributed by atoms with van der Waals surface area (Å²) >= 11 is 0. The van der Waals surface area contributed by atoms with Gasteiger partial charge in [0, 0.05) is 18.1 Å². The first-order chi connectivity index (χ1) is 7.48. The van der Waals surface area contributed by atoms with E-state index < -0.39 is 0 Å². The molecule has 1 saturated heterocycles. The van der Waals surface area contributed by atoms with E-state index in [0.29, 0.717) is 6.04 Å². The SMILES string of the molecule is CNC(C)(C)CC1CCC(C(=O)OC)CN1. The molecule has 2 atom stereocenters. The standard InChI is InChI=1S/C12H24N2O2/c1-12(2,13-3)7-10-6-5-9(8-14-10)11(15)16-4/h9-10,13-14H,5-8H2,1-4H3. The van der Waals surface area contributed by atoms with Crippen LogP contribution in [0.5, 0.6) is 0 Å². The number of hydrogen-bond donors (Lipinski definition) is 2. The highest BCUT2D eigenvalue weighted by Crippen LogP contribution is 2.21. The topological polar surface area (TPSA) is 50.4 Å². The second-order valence-corrected chi connectivity index (χ2v) is 5.24. The molecule has 1 aliphatic heterocycles. The van der Waals surface area contributed by atoms with E-state index in [1.54, 1.807) is 0 Å². The van der Waals surface area contributed by atoms with E-state index in [-0.39, 0.29) is 17.4 Å². The number of nitrogens with one attached hydrogen (secondary N) is 2. The Bertz CT molecular complexity index is 233. The number of piperidine rings is 1. The molecule has 2 N–H and O–H groups in total. The third-order valence-corrected chi connectivity index (χ3v) is 3.48. The first-order valence-corrected chi connectivity index (χ1v) is 5.98. The van der Waals surface area contributed by atoms with E-state index in [0.717, 1.165) is 25.8 Å². The molecule has 1 heterocycles. The second kappa shape index (κ2) is 5.64. The molecule has 16 heavy (non-hydrogen) atoms. The summed E-state index contributed by atoms with van der Waals surface area (Å²) < 4.78 is 4.76. The van der Waals surface area contributed by atoms with Crippen LogP contribution in [0.25, 0.3) is 0 Å². The fourth-order valence-electron chi connectivity index (χ4n) is 2.18. The normalized spacial score (nSPS) is 26.5. The average molecular weight is 228 g/mol. The van der Waals surface area contributed by atoms with Crippen molar-refractivity contribution in [1.29, 1.82) is 0 Å². The highest BCUT2D eigenvalue weighted by Gasteiger charge is 2.29. The van der Waals surface area contributed by atoms with Gasteiger partial charge in [0.05, 0.1) is 13.0 Å². The van der Waals surface area contributed by atoms with Gasteiger partial charge in [-0.3, -0.25) is 4.79 Å². The zero-order chi connectivity index (χ0) is 12.2. The molecule has 4 nitrogen and oxygen atoms in total. The molecule has 0 bridgehead atoms. The predicted molar refractivity (Wildman–Crippen MR) is 64.3 cm³/mol. The Balaban J connectivity index is 2.35. The quantitative estimate of drug-likeness (QED) is 0.702. The molecule has 4 heteroatoms. The van der Waals surface area contributed by atoms with Gasteiger partial charge in [0.1, 0.15) is 0 Å². The number of rotatable bonds is 4. The van der Waals surface area contributed by atoms with Gasteiger partial charge in [0.15, 0.2) is 0 Å². The van der Waals surface area contributed by atoms with Crippen molar-refractivity contribution in [2.45, 2.75) is 44.7 Å². The number of methoxy groups -OCH3 is 1. The fraction of sp³-hybridized carbons (Fsp3) is 0.917. The molecular weight excluding hydrogens is 204 g/mol. The van der Waals surface area contributed by atoms with Gasteiger partial charge >= 0.3 is 5.97 Å². The van der Waals surface area contributed by atoms with Crippen LogP contribution in [0.2, 0.25) is 0 Å². The molecule has 0 aromatic rings. The Morgan fingerprint density at radius 1 is 1.50 bits per heavy atom. The summed E-state index contributed by atoms with van der Waals surface area (Å²) in [5.41, 5.74) is 0.149. The molecule has 0 aromatic heterocycles. The molecule has 2 unspecified atom stereocenters. The Labute approximate surface area is 98.1 Å². The summed E-state index contributed by atoms with van der Waals surface area (Å²) in [6, 6.07) is 0.503. The van der Waals surface area contributed by atoms with Gasteiger partial charge < -0.3 is 15.4 Å². The third-order valence-electron chi connectivity index (χ3n) is 3.48. The van der Waals surface area contributed by atoms with Crippen LogP contribution in [0.4, 0.5) is 0 Å². The van der Waals surface area contributed by atoms with Gasteiger partial charge in [-0.1, -0.05) is 0 Å². The molecule has 0 amide bonds. The molecule has 1 aliphatic rings. The van der Waals surface area contributed by atoms with Crippen LogP contribution >= 0.6 is 0 Å². The summed E-state index contributed by atoms with van der Waals surface area (Å²) in [4.78, 5) is 11.3. The second-order valence-electron chi connectivity index (χ2n) is 5.24. The van der Waals surface area contributed by atoms with Crippen molar-refractivity contribution in [2.75, 3.05) is 20.7 Å². The zero-order valence-corrected chi connectivity index (χ0v) is 10.8. The Kier molecular flexibility index (Phi) is 4.74. The van der Waals surface area contributed by atoms with Gasteiger partial charge in [-0.15, -0.1) is 0 Å². The van der Waals surface area contributed by atoms with E-state index in [2.05, 4.69) is 24.5 Å². The highest BCUT2D eigenvalue weighted by atomic mass is 16.5. The lowest BCUT2D eigenvalue weighted by Crippen LogP contribution is -2.48. The number of esters is 1. The van der Waals surface area contributed by atoms with Crippen molar-refractivity contribution in [2.24, 2.45) is 5.92 Å². The highest BCUT2D eigenvalue weighted by molar-refractivity contribution is 5.72. The van der Waals surface area contributed by atoms with E-state index in [1.165, 1.54) is 7.11 Å². The number of carbonyl (C=O) groups is 1. The maximum atomic E-state index is 11.3. The maximum absolute atomic E-state index is 11.3. The number of carbonyl (C=O) groups excluding carboxylic acids is 1. The first kappa shape index (κ1) is 13.5. The van der Waals surface area contributed by atoms with Crippen LogP contribution in [-0.4, -0.2) is 38.3 Å². The summed E-state index contributed by atoms with van der Waals surface area (Å²) in [5.74, 6) is -0.0437. The molecule has 0 aromatic carbocycles. The van der Waals surface area contributed by atoms with Crippen molar-refractivity contribution in [3.63, 3.8) is 0 Å². The molecule has 0 saturated carbocycles. The minimum Gasteiger partial charge on any atom is -0.469 e. The van der Waals surface area contributed by atoms with Crippen LogP contribution in [-0.2, 0) is 9.53 Å². The third kappa shape index (κ3) is 3.76. The zero-order valence-electron chi connectivity index (χ0n) is 10.8. The fourth-order valence-corrected chi connectivity index (χ4v) is 2.18. The molecule has 0 aliphatic carbocycles. The van der Waals surface area contributed by atoms with Crippen molar-refractivity contribution < 1.29 is 9.53 Å². The molecule has 0 radical (unpaired) electrons. The van der Waals surface area contributed by atoms with Crippen LogP contribution in [0, 0.1) is 5.92 Å². The van der Waals surface area contributed by atoms with Gasteiger partial charge in [0.25, 0.3) is 0 Å². The van der Waals surface area contributed by atoms with Crippen molar-refractivity contribution in [3.05, 3.63) is 0 Å². The van der Waals surface area contributed by atoms with E-state index in [4.69, 9.17) is 4.74 Å². The van der Waals surface area contributed by atoms with Crippen LogP contribution in [0.3, 0.4) is 0 Å². The summed E-state index contributed by atoms with van der Waals surface area (Å²) in [5, 5.41) is 6.74. The molecule has 0 spiro atoms. The van der Waals surface area contributed by atoms with Gasteiger partial charge in [-0.05, 0) is 40.2 Å². The van der Waals surface area contributed by atoms with Gasteiger partial charge in [-0.2, -0.15) is 0 Å². The van der Waals surface area contributed by atoms with Crippen LogP contribution in [0.15, 0.2) is 0 Å². The monoisotopic (exact) mass is 228 g/mol. The maximum Gasteiger partial charge on any atom is 0.309 e. The number of ether oxygens (including phenoxy) is 1. The summed E-state index contributed by atoms with van der Waals surface area (Å²) in [7, 11) is 3.44. The van der Waals surface area contributed by atoms with Gasteiger partial charge in [-0.25, -0.2) is 0 Å². The first-order valence-electron chi connectivity index (χ1n) is 5.98. The lowest BCUT2D eigenvalue weighted by atomic mass is 9.87.